The van der Waals surface area contributed by atoms with E-state index in [1.54, 1.807) is 20.0 Å². The Kier molecular flexibility index (Phi) is 13.4. The lowest BCUT2D eigenvalue weighted by Gasteiger charge is -2.26. The number of aliphatic imine (C=N–C) groups is 1. The van der Waals surface area contributed by atoms with Gasteiger partial charge in [0.25, 0.3) is 0 Å². The Morgan fingerprint density at radius 1 is 0.953 bits per heavy atom. The van der Waals surface area contributed by atoms with Crippen molar-refractivity contribution < 1.29 is 34.2 Å². The first-order valence-corrected chi connectivity index (χ1v) is 14.1. The van der Waals surface area contributed by atoms with Crippen LogP contribution in [0.5, 0.6) is 0 Å². The zero-order valence-corrected chi connectivity index (χ0v) is 24.3. The van der Waals surface area contributed by atoms with Crippen LogP contribution in [-0.4, -0.2) is 81.5 Å². The number of carboxylic acid groups (broad SMARTS) is 2. The minimum absolute atomic E-state index is 0.0616. The molecule has 0 aliphatic heterocycles. The second-order valence-corrected chi connectivity index (χ2v) is 10.4. The van der Waals surface area contributed by atoms with Gasteiger partial charge in [0.2, 0.25) is 17.7 Å². The highest BCUT2D eigenvalue weighted by Crippen LogP contribution is 2.19. The minimum Gasteiger partial charge on any atom is -0.481 e. The quantitative estimate of drug-likeness (QED) is 0.0602. The average Bonchev–Trinajstić information content (AvgIpc) is 3.36. The van der Waals surface area contributed by atoms with E-state index in [1.807, 2.05) is 24.3 Å². The molecule has 1 aromatic carbocycles. The van der Waals surface area contributed by atoms with E-state index < -0.39 is 66.2 Å². The molecule has 15 heteroatoms. The standard InChI is InChI=1S/C28H42N8O7/c1-3-15(2)23(27(42)43)36-26(41)21(10-11-22(37)38)35-25(40)20(9-6-12-32-28(30)31)34-24(39)18(29)13-16-14-33-19-8-5-4-7-17(16)19/h4-5,7-8,14-15,18,20-21,23,33H,3,6,9-13,29H2,1-2H3,(H,34,39)(H,35,40)(H,36,41)(H,37,38)(H,42,43)(H4,30,31,32). The Bertz CT molecular complexity index is 1310. The van der Waals surface area contributed by atoms with E-state index in [0.29, 0.717) is 6.42 Å². The van der Waals surface area contributed by atoms with Crippen molar-refractivity contribution in [2.24, 2.45) is 28.1 Å². The minimum atomic E-state index is -1.38. The van der Waals surface area contributed by atoms with E-state index in [4.69, 9.17) is 17.2 Å². The van der Waals surface area contributed by atoms with Crippen molar-refractivity contribution in [3.63, 3.8) is 0 Å². The molecule has 12 N–H and O–H groups in total. The number of carboxylic acids is 2. The lowest BCUT2D eigenvalue weighted by atomic mass is 9.98. The first-order chi connectivity index (χ1) is 20.3. The molecule has 2 rings (SSSR count). The van der Waals surface area contributed by atoms with Gasteiger partial charge in [-0.25, -0.2) is 4.79 Å². The molecule has 236 valence electrons. The molecule has 0 saturated carbocycles. The van der Waals surface area contributed by atoms with Crippen LogP contribution in [0.1, 0.15) is 51.5 Å². The Balaban J connectivity index is 2.21. The molecule has 5 atom stereocenters. The first kappa shape index (κ1) is 34.5. The van der Waals surface area contributed by atoms with E-state index in [0.717, 1.165) is 16.5 Å². The Hall–Kier alpha value is -4.66. The van der Waals surface area contributed by atoms with Crippen molar-refractivity contribution in [3.05, 3.63) is 36.0 Å². The van der Waals surface area contributed by atoms with Crippen LogP contribution >= 0.6 is 0 Å². The van der Waals surface area contributed by atoms with Gasteiger partial charge in [0.1, 0.15) is 18.1 Å². The summed E-state index contributed by atoms with van der Waals surface area (Å²) in [6.07, 6.45) is 1.93. The highest BCUT2D eigenvalue weighted by molar-refractivity contribution is 5.94. The molecule has 0 fully saturated rings. The first-order valence-electron chi connectivity index (χ1n) is 14.1. The predicted octanol–water partition coefficient (Wildman–Crippen LogP) is -0.459. The molecule has 3 amide bonds. The zero-order valence-electron chi connectivity index (χ0n) is 24.3. The van der Waals surface area contributed by atoms with Gasteiger partial charge in [-0.3, -0.25) is 24.2 Å². The monoisotopic (exact) mass is 602 g/mol. The number of nitrogens with zero attached hydrogens (tertiary/aromatic N) is 1. The molecule has 0 aliphatic rings. The van der Waals surface area contributed by atoms with Crippen LogP contribution < -0.4 is 33.2 Å². The van der Waals surface area contributed by atoms with Gasteiger partial charge in [-0.15, -0.1) is 0 Å². The topological polar surface area (TPSA) is 268 Å². The van der Waals surface area contributed by atoms with E-state index in [2.05, 4.69) is 25.9 Å². The summed E-state index contributed by atoms with van der Waals surface area (Å²) in [5.41, 5.74) is 18.6. The molecule has 0 aliphatic carbocycles. The van der Waals surface area contributed by atoms with Crippen molar-refractivity contribution in [1.29, 1.82) is 0 Å². The Labute approximate surface area is 249 Å². The number of nitrogens with one attached hydrogen (secondary N) is 4. The lowest BCUT2D eigenvalue weighted by Crippen LogP contribution is -2.58. The predicted molar refractivity (Wildman–Crippen MR) is 160 cm³/mol. The third-order valence-corrected chi connectivity index (χ3v) is 7.09. The number of carbonyl (C=O) groups is 5. The fourth-order valence-electron chi connectivity index (χ4n) is 4.43. The van der Waals surface area contributed by atoms with Gasteiger partial charge in [-0.2, -0.15) is 0 Å². The SMILES string of the molecule is CCC(C)C(NC(=O)C(CCC(=O)O)NC(=O)C(CCCN=C(N)N)NC(=O)C(N)Cc1c[nH]c2ccccc12)C(=O)O. The fourth-order valence-corrected chi connectivity index (χ4v) is 4.43. The third kappa shape index (κ3) is 10.9. The molecule has 43 heavy (non-hydrogen) atoms. The van der Waals surface area contributed by atoms with Gasteiger partial charge in [0.15, 0.2) is 5.96 Å². The smallest absolute Gasteiger partial charge is 0.326 e. The number of benzene rings is 1. The van der Waals surface area contributed by atoms with Crippen molar-refractivity contribution in [2.75, 3.05) is 6.54 Å². The number of para-hydroxylation sites is 1. The number of amides is 3. The maximum atomic E-state index is 13.4. The van der Waals surface area contributed by atoms with Gasteiger partial charge in [0.05, 0.1) is 6.04 Å². The Morgan fingerprint density at radius 2 is 1.58 bits per heavy atom. The molecular formula is C28H42N8O7. The third-order valence-electron chi connectivity index (χ3n) is 7.09. The van der Waals surface area contributed by atoms with E-state index >= 15 is 0 Å². The number of H-pyrrole nitrogens is 1. The zero-order chi connectivity index (χ0) is 32.1. The van der Waals surface area contributed by atoms with Crippen molar-refractivity contribution in [2.45, 2.75) is 76.5 Å². The van der Waals surface area contributed by atoms with Crippen LogP contribution in [0.15, 0.2) is 35.5 Å². The summed E-state index contributed by atoms with van der Waals surface area (Å²) < 4.78 is 0. The summed E-state index contributed by atoms with van der Waals surface area (Å²) in [6, 6.07) is 2.68. The maximum absolute atomic E-state index is 13.4. The summed E-state index contributed by atoms with van der Waals surface area (Å²) in [6.45, 7) is 3.56. The summed E-state index contributed by atoms with van der Waals surface area (Å²) in [7, 11) is 0. The van der Waals surface area contributed by atoms with Crippen molar-refractivity contribution in [3.8, 4) is 0 Å². The van der Waals surface area contributed by atoms with Crippen LogP contribution in [-0.2, 0) is 30.4 Å². The molecule has 0 spiro atoms. The van der Waals surface area contributed by atoms with Crippen molar-refractivity contribution >= 4 is 46.5 Å². The number of aliphatic carboxylic acids is 2. The molecule has 0 radical (unpaired) electrons. The molecule has 1 heterocycles. The summed E-state index contributed by atoms with van der Waals surface area (Å²) in [5.74, 6) is -5.32. The number of aromatic amines is 1. The molecule has 1 aromatic heterocycles. The number of guanidine groups is 1. The van der Waals surface area contributed by atoms with E-state index in [1.165, 1.54) is 0 Å². The van der Waals surface area contributed by atoms with Gasteiger partial charge < -0.3 is 48.3 Å². The lowest BCUT2D eigenvalue weighted by molar-refractivity contribution is -0.144. The highest BCUT2D eigenvalue weighted by atomic mass is 16.4. The molecular weight excluding hydrogens is 560 g/mol. The summed E-state index contributed by atoms with van der Waals surface area (Å²) in [4.78, 5) is 69.5. The van der Waals surface area contributed by atoms with Crippen LogP contribution in [0.25, 0.3) is 10.9 Å². The summed E-state index contributed by atoms with van der Waals surface area (Å²) >= 11 is 0. The average molecular weight is 603 g/mol. The van der Waals surface area contributed by atoms with E-state index in [9.17, 15) is 34.2 Å². The molecule has 0 saturated heterocycles. The van der Waals surface area contributed by atoms with Gasteiger partial charge in [-0.1, -0.05) is 38.5 Å². The largest absolute Gasteiger partial charge is 0.481 e. The normalized spacial score (nSPS) is 14.5. The number of hydrogen-bond acceptors (Lipinski definition) is 7. The van der Waals surface area contributed by atoms with E-state index in [-0.39, 0.29) is 38.2 Å². The Morgan fingerprint density at radius 3 is 2.21 bits per heavy atom. The highest BCUT2D eigenvalue weighted by Gasteiger charge is 2.32. The van der Waals surface area contributed by atoms with Crippen LogP contribution in [0, 0.1) is 5.92 Å². The van der Waals surface area contributed by atoms with Gasteiger partial charge in [0, 0.05) is 30.1 Å². The van der Waals surface area contributed by atoms with Crippen LogP contribution in [0.3, 0.4) is 0 Å². The number of hydrogen-bond donors (Lipinski definition) is 9. The van der Waals surface area contributed by atoms with Gasteiger partial charge in [-0.05, 0) is 43.2 Å². The number of aromatic nitrogens is 1. The number of nitrogens with two attached hydrogens (primary N) is 3. The van der Waals surface area contributed by atoms with Crippen molar-refractivity contribution in [1.82, 2.24) is 20.9 Å². The number of rotatable bonds is 18. The van der Waals surface area contributed by atoms with Crippen LogP contribution in [0.2, 0.25) is 0 Å². The molecule has 2 aromatic rings. The fraction of sp³-hybridized carbons (Fsp3) is 0.500. The second-order valence-electron chi connectivity index (χ2n) is 10.4. The summed E-state index contributed by atoms with van der Waals surface area (Å²) in [5, 5.41) is 27.2. The molecule has 0 bridgehead atoms. The number of carbonyl (C=O) groups excluding carboxylic acids is 3. The van der Waals surface area contributed by atoms with Crippen LogP contribution in [0.4, 0.5) is 0 Å². The second kappa shape index (κ2) is 16.7. The molecule has 15 nitrogen and oxygen atoms in total. The maximum Gasteiger partial charge on any atom is 0.326 e. The van der Waals surface area contributed by atoms with Gasteiger partial charge >= 0.3 is 11.9 Å². The number of fused-ring (bicyclic) bond motifs is 1. The molecule has 5 unspecified atom stereocenters.